The van der Waals surface area contributed by atoms with E-state index >= 15 is 0 Å². The fourth-order valence-electron chi connectivity index (χ4n) is 3.30. The minimum atomic E-state index is -0.208. The highest BCUT2D eigenvalue weighted by Crippen LogP contribution is 2.36. The second-order valence-corrected chi connectivity index (χ2v) is 7.06. The SMILES string of the molecule is COc1cc(C2=NN(C(C)=O)C(c3cccc(Cl)c3)C2)cc2[nH]c(=S)oc12. The van der Waals surface area contributed by atoms with Gasteiger partial charge in [-0.05, 0) is 42.0 Å². The molecular formula is C19H16ClN3O3S. The monoisotopic (exact) mass is 401 g/mol. The molecule has 1 N–H and O–H groups in total. The number of methoxy groups -OCH3 is 1. The summed E-state index contributed by atoms with van der Waals surface area (Å²) in [6, 6.07) is 11.0. The van der Waals surface area contributed by atoms with Crippen LogP contribution in [0.3, 0.4) is 0 Å². The zero-order valence-corrected chi connectivity index (χ0v) is 16.2. The Labute approximate surface area is 165 Å². The summed E-state index contributed by atoms with van der Waals surface area (Å²) >= 11 is 11.2. The molecule has 2 aromatic carbocycles. The van der Waals surface area contributed by atoms with E-state index in [-0.39, 0.29) is 16.8 Å². The van der Waals surface area contributed by atoms with Crippen molar-refractivity contribution in [2.24, 2.45) is 5.10 Å². The molecule has 0 bridgehead atoms. The van der Waals surface area contributed by atoms with Crippen LogP contribution in [-0.4, -0.2) is 28.7 Å². The number of aromatic amines is 1. The van der Waals surface area contributed by atoms with Crippen molar-refractivity contribution in [3.05, 3.63) is 57.4 Å². The van der Waals surface area contributed by atoms with E-state index in [1.165, 1.54) is 11.9 Å². The first-order valence-electron chi connectivity index (χ1n) is 8.30. The van der Waals surface area contributed by atoms with Crippen molar-refractivity contribution >= 4 is 46.5 Å². The van der Waals surface area contributed by atoms with E-state index in [1.54, 1.807) is 13.2 Å². The Morgan fingerprint density at radius 1 is 1.41 bits per heavy atom. The molecule has 8 heteroatoms. The van der Waals surface area contributed by atoms with Crippen molar-refractivity contribution in [2.75, 3.05) is 7.11 Å². The van der Waals surface area contributed by atoms with Crippen LogP contribution in [0.2, 0.25) is 5.02 Å². The number of ether oxygens (including phenoxy) is 1. The Morgan fingerprint density at radius 2 is 2.22 bits per heavy atom. The maximum atomic E-state index is 12.2. The summed E-state index contributed by atoms with van der Waals surface area (Å²) in [5, 5.41) is 6.68. The molecule has 4 rings (SSSR count). The van der Waals surface area contributed by atoms with Crippen molar-refractivity contribution in [1.29, 1.82) is 0 Å². The van der Waals surface area contributed by atoms with Crippen molar-refractivity contribution < 1.29 is 13.9 Å². The average molecular weight is 402 g/mol. The van der Waals surface area contributed by atoms with E-state index < -0.39 is 0 Å². The lowest BCUT2D eigenvalue weighted by atomic mass is 9.98. The lowest BCUT2D eigenvalue weighted by Crippen LogP contribution is -2.24. The Bertz CT molecular complexity index is 1130. The molecule has 0 saturated heterocycles. The van der Waals surface area contributed by atoms with Crippen LogP contribution in [0.4, 0.5) is 0 Å². The first kappa shape index (κ1) is 17.8. The van der Waals surface area contributed by atoms with Gasteiger partial charge < -0.3 is 14.1 Å². The van der Waals surface area contributed by atoms with Gasteiger partial charge in [0.1, 0.15) is 0 Å². The van der Waals surface area contributed by atoms with Crippen LogP contribution < -0.4 is 4.74 Å². The number of benzene rings is 2. The standard InChI is InChI=1S/C19H16ClN3O3S/c1-10(24)23-16(11-4-3-5-13(20)6-11)9-14(22-23)12-7-15-18(17(8-12)25-2)26-19(27)21-15/h3-8,16H,9H2,1-2H3,(H,21,27). The molecule has 27 heavy (non-hydrogen) atoms. The van der Waals surface area contributed by atoms with Crippen LogP contribution in [0.5, 0.6) is 5.75 Å². The highest BCUT2D eigenvalue weighted by Gasteiger charge is 2.32. The zero-order valence-electron chi connectivity index (χ0n) is 14.7. The van der Waals surface area contributed by atoms with Crippen LogP contribution >= 0.6 is 23.8 Å². The number of amides is 1. The Kier molecular flexibility index (Phi) is 4.49. The van der Waals surface area contributed by atoms with E-state index in [0.29, 0.717) is 22.8 Å². The number of halogens is 1. The molecule has 0 radical (unpaired) electrons. The second-order valence-electron chi connectivity index (χ2n) is 6.25. The zero-order chi connectivity index (χ0) is 19.1. The molecule has 1 amide bonds. The predicted molar refractivity (Wildman–Crippen MR) is 106 cm³/mol. The minimum Gasteiger partial charge on any atom is -0.493 e. The van der Waals surface area contributed by atoms with Gasteiger partial charge in [0.2, 0.25) is 5.91 Å². The van der Waals surface area contributed by atoms with Crippen LogP contribution in [0, 0.1) is 4.84 Å². The van der Waals surface area contributed by atoms with Crippen LogP contribution in [0.25, 0.3) is 11.1 Å². The van der Waals surface area contributed by atoms with Gasteiger partial charge in [-0.3, -0.25) is 4.79 Å². The highest BCUT2D eigenvalue weighted by atomic mass is 35.5. The summed E-state index contributed by atoms with van der Waals surface area (Å²) in [6.45, 7) is 1.50. The van der Waals surface area contributed by atoms with Crippen molar-refractivity contribution in [1.82, 2.24) is 9.99 Å². The fourth-order valence-corrected chi connectivity index (χ4v) is 3.69. The first-order chi connectivity index (χ1) is 13.0. The second kappa shape index (κ2) is 6.83. The van der Waals surface area contributed by atoms with Gasteiger partial charge in [-0.1, -0.05) is 23.7 Å². The summed E-state index contributed by atoms with van der Waals surface area (Å²) in [7, 11) is 1.57. The number of fused-ring (bicyclic) bond motifs is 1. The number of nitrogens with zero attached hydrogens (tertiary/aromatic N) is 2. The number of aromatic nitrogens is 1. The molecule has 0 spiro atoms. The van der Waals surface area contributed by atoms with Crippen molar-refractivity contribution in [3.63, 3.8) is 0 Å². The Balaban J connectivity index is 1.78. The van der Waals surface area contributed by atoms with Gasteiger partial charge in [-0.2, -0.15) is 5.10 Å². The largest absolute Gasteiger partial charge is 0.493 e. The number of carbonyl (C=O) groups is 1. The number of H-pyrrole nitrogens is 1. The Morgan fingerprint density at radius 3 is 2.93 bits per heavy atom. The van der Waals surface area contributed by atoms with E-state index in [4.69, 9.17) is 33.0 Å². The maximum absolute atomic E-state index is 12.2. The van der Waals surface area contributed by atoms with Gasteiger partial charge >= 0.3 is 0 Å². The van der Waals surface area contributed by atoms with Gasteiger partial charge in [0.05, 0.1) is 24.4 Å². The number of hydrogen-bond acceptors (Lipinski definition) is 5. The molecule has 1 aliphatic heterocycles. The fraction of sp³-hybridized carbons (Fsp3) is 0.211. The third kappa shape index (κ3) is 3.24. The highest BCUT2D eigenvalue weighted by molar-refractivity contribution is 7.71. The van der Waals surface area contributed by atoms with Crippen LogP contribution in [0.15, 0.2) is 45.9 Å². The molecule has 1 atom stereocenters. The van der Waals surface area contributed by atoms with Gasteiger partial charge in [0.15, 0.2) is 11.3 Å². The van der Waals surface area contributed by atoms with Gasteiger partial charge in [0, 0.05) is 23.9 Å². The molecule has 2 heterocycles. The van der Waals surface area contributed by atoms with E-state index in [0.717, 1.165) is 22.4 Å². The number of rotatable bonds is 3. The van der Waals surface area contributed by atoms with Gasteiger partial charge in [0.25, 0.3) is 4.84 Å². The molecule has 138 valence electrons. The maximum Gasteiger partial charge on any atom is 0.267 e. The van der Waals surface area contributed by atoms with Crippen LogP contribution in [0.1, 0.15) is 30.5 Å². The summed E-state index contributed by atoms with van der Waals surface area (Å²) < 4.78 is 10.9. The average Bonchev–Trinajstić information content (AvgIpc) is 3.23. The number of nitrogens with one attached hydrogen (secondary N) is 1. The summed E-state index contributed by atoms with van der Waals surface area (Å²) in [4.78, 5) is 15.4. The van der Waals surface area contributed by atoms with Gasteiger partial charge in [-0.15, -0.1) is 0 Å². The molecular weight excluding hydrogens is 386 g/mol. The quantitative estimate of drug-likeness (QED) is 0.637. The number of hydrogen-bond donors (Lipinski definition) is 1. The molecule has 1 aromatic heterocycles. The molecule has 1 aliphatic rings. The minimum absolute atomic E-state index is 0.134. The third-order valence-electron chi connectivity index (χ3n) is 4.51. The van der Waals surface area contributed by atoms with Gasteiger partial charge in [-0.25, -0.2) is 5.01 Å². The molecule has 3 aromatic rings. The van der Waals surface area contributed by atoms with Crippen LogP contribution in [-0.2, 0) is 4.79 Å². The Hall–Kier alpha value is -2.64. The summed E-state index contributed by atoms with van der Waals surface area (Å²) in [5.74, 6) is 0.420. The molecule has 0 saturated carbocycles. The molecule has 6 nitrogen and oxygen atoms in total. The molecule has 0 fully saturated rings. The number of hydrazone groups is 1. The predicted octanol–water partition coefficient (Wildman–Crippen LogP) is 4.85. The van der Waals surface area contributed by atoms with Crippen molar-refractivity contribution in [3.8, 4) is 5.75 Å². The van der Waals surface area contributed by atoms with E-state index in [2.05, 4.69) is 10.1 Å². The smallest absolute Gasteiger partial charge is 0.267 e. The number of carbonyl (C=O) groups excluding carboxylic acids is 1. The third-order valence-corrected chi connectivity index (χ3v) is 4.93. The molecule has 0 aliphatic carbocycles. The lowest BCUT2D eigenvalue weighted by molar-refractivity contribution is -0.130. The molecule has 1 unspecified atom stereocenters. The number of oxazole rings is 1. The summed E-state index contributed by atoms with van der Waals surface area (Å²) in [6.07, 6.45) is 0.563. The van der Waals surface area contributed by atoms with E-state index in [9.17, 15) is 4.79 Å². The van der Waals surface area contributed by atoms with Crippen molar-refractivity contribution in [2.45, 2.75) is 19.4 Å². The normalized spacial score (nSPS) is 16.6. The van der Waals surface area contributed by atoms with E-state index in [1.807, 2.05) is 30.3 Å². The summed E-state index contributed by atoms with van der Waals surface area (Å²) in [5.41, 5.74) is 3.82. The lowest BCUT2D eigenvalue weighted by Gasteiger charge is -2.20. The topological polar surface area (TPSA) is 70.8 Å². The first-order valence-corrected chi connectivity index (χ1v) is 9.09.